The highest BCUT2D eigenvalue weighted by Gasteiger charge is 2.28. The number of benzene rings is 2. The molecular formula is C31H33N5O3. The number of hydrogen-bond acceptors (Lipinski definition) is 6. The molecule has 0 saturated heterocycles. The van der Waals surface area contributed by atoms with Gasteiger partial charge in [0.25, 0.3) is 11.7 Å². The molecule has 2 aromatic heterocycles. The zero-order chi connectivity index (χ0) is 27.4. The van der Waals surface area contributed by atoms with Gasteiger partial charge in [-0.05, 0) is 67.4 Å². The molecule has 0 atom stereocenters. The molecule has 0 unspecified atom stereocenters. The molecule has 0 saturated carbocycles. The van der Waals surface area contributed by atoms with E-state index in [0.717, 1.165) is 47.1 Å². The largest absolute Gasteiger partial charge is 0.383 e. The van der Waals surface area contributed by atoms with Gasteiger partial charge in [-0.25, -0.2) is 4.98 Å². The van der Waals surface area contributed by atoms with Gasteiger partial charge in [0, 0.05) is 55.0 Å². The monoisotopic (exact) mass is 523 g/mol. The molecular weight excluding hydrogens is 490 g/mol. The molecule has 200 valence electrons. The van der Waals surface area contributed by atoms with Crippen LogP contribution >= 0.6 is 0 Å². The smallest absolute Gasteiger partial charge is 0.298 e. The third-order valence-corrected chi connectivity index (χ3v) is 6.79. The minimum Gasteiger partial charge on any atom is -0.383 e. The molecule has 1 aliphatic heterocycles. The molecule has 0 bridgehead atoms. The summed E-state index contributed by atoms with van der Waals surface area (Å²) in [4.78, 5) is 33.2. The number of likely N-dealkylation sites (N-methyl/N-ethyl adjacent to an activating group) is 1. The highest BCUT2D eigenvalue weighted by Crippen LogP contribution is 2.30. The second-order valence-corrected chi connectivity index (χ2v) is 9.82. The van der Waals surface area contributed by atoms with Gasteiger partial charge in [0.05, 0.1) is 13.2 Å². The van der Waals surface area contributed by atoms with Gasteiger partial charge in [-0.1, -0.05) is 30.3 Å². The van der Waals surface area contributed by atoms with Gasteiger partial charge in [0.2, 0.25) is 0 Å². The minimum absolute atomic E-state index is 0.401. The molecule has 2 aromatic carbocycles. The van der Waals surface area contributed by atoms with E-state index in [1.807, 2.05) is 67.1 Å². The summed E-state index contributed by atoms with van der Waals surface area (Å²) in [6.07, 6.45) is 0. The predicted molar refractivity (Wildman–Crippen MR) is 154 cm³/mol. The summed E-state index contributed by atoms with van der Waals surface area (Å²) in [7, 11) is 2.02. The van der Waals surface area contributed by atoms with Gasteiger partial charge in [-0.3, -0.25) is 9.59 Å². The number of amides is 1. The normalized spacial score (nSPS) is 12.5. The number of Topliss-reactive ketones (excluding diaryl/α,β-unsaturated/α-hetero) is 1. The predicted octanol–water partition coefficient (Wildman–Crippen LogP) is 5.07. The molecule has 5 rings (SSSR count). The molecule has 0 radical (unpaired) electrons. The van der Waals surface area contributed by atoms with Crippen molar-refractivity contribution < 1.29 is 14.3 Å². The van der Waals surface area contributed by atoms with Crippen LogP contribution in [0.4, 0.5) is 17.2 Å². The average molecular weight is 524 g/mol. The first-order valence-corrected chi connectivity index (χ1v) is 13.1. The number of aryl methyl sites for hydroxylation is 2. The average Bonchev–Trinajstić information content (AvgIpc) is 3.33. The topological polar surface area (TPSA) is 88.5 Å². The molecule has 4 aromatic rings. The van der Waals surface area contributed by atoms with Crippen molar-refractivity contribution in [3.63, 3.8) is 0 Å². The van der Waals surface area contributed by atoms with E-state index in [1.165, 1.54) is 5.56 Å². The van der Waals surface area contributed by atoms with Crippen LogP contribution in [0.5, 0.6) is 0 Å². The molecule has 3 heterocycles. The molecule has 1 aliphatic rings. The maximum atomic E-state index is 13.4. The summed E-state index contributed by atoms with van der Waals surface area (Å²) in [6, 6.07) is 23.1. The first kappa shape index (κ1) is 26.2. The van der Waals surface area contributed by atoms with Crippen LogP contribution in [0.25, 0.3) is 11.1 Å². The number of ketones is 1. The molecule has 0 fully saturated rings. The van der Waals surface area contributed by atoms with Crippen LogP contribution in [0.1, 0.15) is 27.4 Å². The lowest BCUT2D eigenvalue weighted by molar-refractivity contribution is -0.112. The van der Waals surface area contributed by atoms with Gasteiger partial charge in [-0.15, -0.1) is 0 Å². The quantitative estimate of drug-likeness (QED) is 0.235. The highest BCUT2D eigenvalue weighted by atomic mass is 16.5. The van der Waals surface area contributed by atoms with E-state index in [2.05, 4.69) is 39.6 Å². The maximum absolute atomic E-state index is 13.4. The number of rotatable bonds is 9. The van der Waals surface area contributed by atoms with Crippen molar-refractivity contribution in [1.82, 2.24) is 9.55 Å². The van der Waals surface area contributed by atoms with Crippen LogP contribution in [0.15, 0.2) is 72.8 Å². The number of fused-ring (bicyclic) bond motifs is 1. The molecule has 8 nitrogen and oxygen atoms in total. The first-order chi connectivity index (χ1) is 18.9. The van der Waals surface area contributed by atoms with Crippen molar-refractivity contribution in [2.24, 2.45) is 0 Å². The fourth-order valence-electron chi connectivity index (χ4n) is 4.86. The highest BCUT2D eigenvalue weighted by molar-refractivity contribution is 6.47. The number of ether oxygens (including phenoxy) is 1. The maximum Gasteiger partial charge on any atom is 0.298 e. The van der Waals surface area contributed by atoms with E-state index in [-0.39, 0.29) is 0 Å². The summed E-state index contributed by atoms with van der Waals surface area (Å²) in [5.74, 6) is -0.278. The number of hydrogen-bond donors (Lipinski definition) is 2. The number of nitrogens with zero attached hydrogens (tertiary/aromatic N) is 3. The SMILES string of the molecule is Cc1cc(C)nc(N(C)CCNc2ccc(NC(=O)C(=O)c3c(-c4ccccc4)cc4n3CCOC4)cc2)c1. The number of pyridine rings is 1. The van der Waals surface area contributed by atoms with Crippen LogP contribution < -0.4 is 15.5 Å². The van der Waals surface area contributed by atoms with Gasteiger partial charge in [-0.2, -0.15) is 0 Å². The fraction of sp³-hybridized carbons (Fsp3) is 0.258. The number of carbonyl (C=O) groups is 2. The van der Waals surface area contributed by atoms with E-state index >= 15 is 0 Å². The Bertz CT molecular complexity index is 1460. The lowest BCUT2D eigenvalue weighted by Gasteiger charge is -2.20. The van der Waals surface area contributed by atoms with Crippen molar-refractivity contribution >= 4 is 28.9 Å². The van der Waals surface area contributed by atoms with E-state index in [9.17, 15) is 9.59 Å². The van der Waals surface area contributed by atoms with E-state index < -0.39 is 11.7 Å². The molecule has 39 heavy (non-hydrogen) atoms. The standard InChI is InChI=1S/C31H33N5O3/c1-21-17-22(2)33-28(18-21)35(3)14-13-32-24-9-11-25(12-10-24)34-31(38)30(37)29-27(23-7-5-4-6-8-23)19-26-20-39-16-15-36(26)29/h4-12,17-19,32H,13-16,20H2,1-3H3,(H,34,38). The Balaban J connectivity index is 1.22. The Morgan fingerprint density at radius 2 is 1.74 bits per heavy atom. The number of aromatic nitrogens is 2. The van der Waals surface area contributed by atoms with Gasteiger partial charge in [0.1, 0.15) is 11.5 Å². The Morgan fingerprint density at radius 1 is 1.00 bits per heavy atom. The van der Waals surface area contributed by atoms with Crippen molar-refractivity contribution in [2.45, 2.75) is 27.0 Å². The van der Waals surface area contributed by atoms with Crippen LogP contribution in [-0.4, -0.2) is 48.0 Å². The third-order valence-electron chi connectivity index (χ3n) is 6.79. The van der Waals surface area contributed by atoms with Gasteiger partial charge >= 0.3 is 0 Å². The molecule has 0 aliphatic carbocycles. The lowest BCUT2D eigenvalue weighted by atomic mass is 10.0. The summed E-state index contributed by atoms with van der Waals surface area (Å²) >= 11 is 0. The summed E-state index contributed by atoms with van der Waals surface area (Å²) in [5.41, 5.74) is 6.61. The van der Waals surface area contributed by atoms with Crippen molar-refractivity contribution in [2.75, 3.05) is 42.3 Å². The number of nitrogens with one attached hydrogen (secondary N) is 2. The Hall–Kier alpha value is -4.43. The third kappa shape index (κ3) is 6.02. The first-order valence-electron chi connectivity index (χ1n) is 13.1. The van der Waals surface area contributed by atoms with Crippen molar-refractivity contribution in [1.29, 1.82) is 0 Å². The fourth-order valence-corrected chi connectivity index (χ4v) is 4.86. The van der Waals surface area contributed by atoms with Crippen LogP contribution in [0.3, 0.4) is 0 Å². The van der Waals surface area contributed by atoms with E-state index in [1.54, 1.807) is 12.1 Å². The Morgan fingerprint density at radius 3 is 2.49 bits per heavy atom. The van der Waals surface area contributed by atoms with Crippen molar-refractivity contribution in [3.8, 4) is 11.1 Å². The molecule has 8 heteroatoms. The summed E-state index contributed by atoms with van der Waals surface area (Å²) in [6.45, 7) is 7.02. The van der Waals surface area contributed by atoms with E-state index in [4.69, 9.17) is 4.74 Å². The number of carbonyl (C=O) groups excluding carboxylic acids is 2. The van der Waals surface area contributed by atoms with Crippen LogP contribution in [-0.2, 0) is 22.7 Å². The zero-order valence-electron chi connectivity index (χ0n) is 22.5. The number of anilines is 3. The summed E-state index contributed by atoms with van der Waals surface area (Å²) in [5, 5.41) is 6.17. The molecule has 0 spiro atoms. The molecule has 2 N–H and O–H groups in total. The Kier molecular flexibility index (Phi) is 7.74. The van der Waals surface area contributed by atoms with E-state index in [0.29, 0.717) is 31.1 Å². The van der Waals surface area contributed by atoms with Crippen LogP contribution in [0, 0.1) is 13.8 Å². The van der Waals surface area contributed by atoms with Gasteiger partial charge in [0.15, 0.2) is 0 Å². The van der Waals surface area contributed by atoms with Gasteiger partial charge < -0.3 is 24.8 Å². The minimum atomic E-state index is -0.664. The molecule has 1 amide bonds. The van der Waals surface area contributed by atoms with Crippen LogP contribution in [0.2, 0.25) is 0 Å². The lowest BCUT2D eigenvalue weighted by Crippen LogP contribution is -2.28. The Labute approximate surface area is 228 Å². The summed E-state index contributed by atoms with van der Waals surface area (Å²) < 4.78 is 7.48. The second-order valence-electron chi connectivity index (χ2n) is 9.82. The second kappa shape index (κ2) is 11.5. The van der Waals surface area contributed by atoms with Crippen molar-refractivity contribution in [3.05, 3.63) is 95.4 Å². The zero-order valence-corrected chi connectivity index (χ0v) is 22.5.